The highest BCUT2D eigenvalue weighted by molar-refractivity contribution is 9.11. The first-order valence-electron chi connectivity index (χ1n) is 10.4. The zero-order chi connectivity index (χ0) is 23.4. The van der Waals surface area contributed by atoms with Crippen LogP contribution in [0.25, 0.3) is 11.0 Å². The van der Waals surface area contributed by atoms with Crippen LogP contribution >= 0.6 is 27.3 Å². The molecule has 2 aromatic carbocycles. The second-order valence-corrected chi connectivity index (χ2v) is 9.86. The molecule has 0 aliphatic carbocycles. The molecule has 9 heteroatoms. The number of ether oxygens (including phenoxy) is 1. The molecule has 0 atom stereocenters. The summed E-state index contributed by atoms with van der Waals surface area (Å²) in [7, 11) is 3.40. The zero-order valence-corrected chi connectivity index (χ0v) is 20.6. The molecule has 0 saturated carbocycles. The third-order valence-corrected chi connectivity index (χ3v) is 6.82. The van der Waals surface area contributed by atoms with Crippen LogP contribution in [0.2, 0.25) is 0 Å². The van der Waals surface area contributed by atoms with E-state index < -0.39 is 0 Å². The Morgan fingerprint density at radius 1 is 1.15 bits per heavy atom. The lowest BCUT2D eigenvalue weighted by Crippen LogP contribution is -2.26. The van der Waals surface area contributed by atoms with Gasteiger partial charge in [-0.2, -0.15) is 0 Å². The molecule has 2 heterocycles. The summed E-state index contributed by atoms with van der Waals surface area (Å²) in [5.74, 6) is 0.140. The number of benzene rings is 2. The Kier molecular flexibility index (Phi) is 7.22. The molecular weight excluding hydrogens is 504 g/mol. The molecule has 7 nitrogen and oxygen atoms in total. The van der Waals surface area contributed by atoms with Crippen LogP contribution in [0.4, 0.5) is 11.6 Å². The van der Waals surface area contributed by atoms with E-state index in [1.54, 1.807) is 37.3 Å². The van der Waals surface area contributed by atoms with Crippen molar-refractivity contribution in [3.63, 3.8) is 0 Å². The number of nitrogens with zero attached hydrogens (tertiary/aromatic N) is 3. The molecule has 1 N–H and O–H groups in total. The van der Waals surface area contributed by atoms with Gasteiger partial charge in [0.05, 0.1) is 19.7 Å². The third kappa shape index (κ3) is 5.16. The molecule has 170 valence electrons. The van der Waals surface area contributed by atoms with Gasteiger partial charge in [0.1, 0.15) is 0 Å². The molecule has 2 amide bonds. The van der Waals surface area contributed by atoms with Crippen LogP contribution in [-0.4, -0.2) is 42.1 Å². The Labute approximate surface area is 204 Å². The van der Waals surface area contributed by atoms with Crippen molar-refractivity contribution in [2.75, 3.05) is 31.0 Å². The van der Waals surface area contributed by atoms with E-state index in [4.69, 9.17) is 4.74 Å². The van der Waals surface area contributed by atoms with Crippen LogP contribution in [0.3, 0.4) is 0 Å². The van der Waals surface area contributed by atoms with Gasteiger partial charge in [0.25, 0.3) is 11.8 Å². The van der Waals surface area contributed by atoms with Gasteiger partial charge in [0.2, 0.25) is 5.95 Å². The fraction of sp³-hybridized carbons (Fsp3) is 0.208. The number of hydrogen-bond acceptors (Lipinski definition) is 5. The van der Waals surface area contributed by atoms with Gasteiger partial charge in [-0.3, -0.25) is 14.9 Å². The van der Waals surface area contributed by atoms with Gasteiger partial charge in [-0.05, 0) is 64.8 Å². The van der Waals surface area contributed by atoms with E-state index in [1.165, 1.54) is 11.3 Å². The van der Waals surface area contributed by atoms with Crippen LogP contribution < -0.4 is 10.2 Å². The molecule has 0 fully saturated rings. The van der Waals surface area contributed by atoms with E-state index in [2.05, 4.69) is 26.2 Å². The summed E-state index contributed by atoms with van der Waals surface area (Å²) in [5.41, 5.74) is 2.90. The molecule has 0 unspecified atom stereocenters. The number of hydrogen-bond donors (Lipinski definition) is 1. The number of halogens is 1. The van der Waals surface area contributed by atoms with Crippen LogP contribution in [0.15, 0.2) is 64.5 Å². The van der Waals surface area contributed by atoms with E-state index >= 15 is 0 Å². The lowest BCUT2D eigenvalue weighted by atomic mass is 10.2. The minimum Gasteiger partial charge on any atom is -0.385 e. The van der Waals surface area contributed by atoms with Gasteiger partial charge in [-0.25, -0.2) is 4.98 Å². The van der Waals surface area contributed by atoms with E-state index in [0.717, 1.165) is 21.4 Å². The summed E-state index contributed by atoms with van der Waals surface area (Å²) >= 11 is 4.75. The standard InChI is InChI=1S/C24H23BrN4O3S/c1-28(23(31)16-7-4-3-5-8-16)17-9-10-19-18(15-17)26-24(29(19)13-6-14-32-2)27-22(30)20-11-12-21(25)33-20/h3-5,7-12,15H,6,13-14H2,1-2H3,(H,26,27,30). The number of imidazole rings is 1. The Bertz CT molecular complexity index is 1290. The number of fused-ring (bicyclic) bond motifs is 1. The Balaban J connectivity index is 1.66. The molecule has 0 spiro atoms. The summed E-state index contributed by atoms with van der Waals surface area (Å²) in [6.07, 6.45) is 0.767. The molecule has 0 saturated heterocycles. The summed E-state index contributed by atoms with van der Waals surface area (Å²) in [5, 5.41) is 2.93. The lowest BCUT2D eigenvalue weighted by molar-refractivity contribution is 0.0991. The third-order valence-electron chi connectivity index (χ3n) is 5.20. The number of rotatable bonds is 8. The number of nitrogens with one attached hydrogen (secondary N) is 1. The average molecular weight is 527 g/mol. The number of methoxy groups -OCH3 is 1. The molecule has 4 rings (SSSR count). The maximum atomic E-state index is 12.9. The van der Waals surface area contributed by atoms with Crippen molar-refractivity contribution in [3.05, 3.63) is 74.9 Å². The van der Waals surface area contributed by atoms with E-state index in [9.17, 15) is 9.59 Å². The first-order valence-corrected chi connectivity index (χ1v) is 12.0. The highest BCUT2D eigenvalue weighted by Gasteiger charge is 2.18. The van der Waals surface area contributed by atoms with Crippen molar-refractivity contribution in [2.24, 2.45) is 0 Å². The number of anilines is 2. The minimum atomic E-state index is -0.217. The van der Waals surface area contributed by atoms with Crippen LogP contribution in [0.5, 0.6) is 0 Å². The number of aromatic nitrogens is 2. The monoisotopic (exact) mass is 526 g/mol. The van der Waals surface area contributed by atoms with Crippen molar-refractivity contribution < 1.29 is 14.3 Å². The summed E-state index contributed by atoms with van der Waals surface area (Å²) in [6, 6.07) is 18.4. The second kappa shape index (κ2) is 10.3. The predicted molar refractivity (Wildman–Crippen MR) is 135 cm³/mol. The molecule has 0 aliphatic rings. The van der Waals surface area contributed by atoms with Crippen LogP contribution in [-0.2, 0) is 11.3 Å². The maximum absolute atomic E-state index is 12.9. The first-order chi connectivity index (χ1) is 16.0. The van der Waals surface area contributed by atoms with Crippen molar-refractivity contribution in [1.29, 1.82) is 0 Å². The van der Waals surface area contributed by atoms with Crippen LogP contribution in [0, 0.1) is 0 Å². The Morgan fingerprint density at radius 3 is 2.64 bits per heavy atom. The molecule has 0 radical (unpaired) electrons. The van der Waals surface area contributed by atoms with Gasteiger partial charge in [-0.15, -0.1) is 11.3 Å². The lowest BCUT2D eigenvalue weighted by Gasteiger charge is -2.17. The number of thiophene rings is 1. The molecule has 4 aromatic rings. The van der Waals surface area contributed by atoms with Crippen LogP contribution in [0.1, 0.15) is 26.5 Å². The van der Waals surface area contributed by atoms with Gasteiger partial charge in [-0.1, -0.05) is 18.2 Å². The second-order valence-electron chi connectivity index (χ2n) is 7.39. The smallest absolute Gasteiger partial charge is 0.268 e. The quantitative estimate of drug-likeness (QED) is 0.310. The highest BCUT2D eigenvalue weighted by atomic mass is 79.9. The number of amides is 2. The summed E-state index contributed by atoms with van der Waals surface area (Å²) in [4.78, 5) is 32.5. The van der Waals surface area contributed by atoms with Crippen molar-refractivity contribution >= 4 is 61.8 Å². The largest absolute Gasteiger partial charge is 0.385 e. The molecular formula is C24H23BrN4O3S. The first kappa shape index (κ1) is 23.2. The Hall–Kier alpha value is -3.01. The molecule has 33 heavy (non-hydrogen) atoms. The molecule has 2 aromatic heterocycles. The summed E-state index contributed by atoms with van der Waals surface area (Å²) in [6.45, 7) is 1.23. The topological polar surface area (TPSA) is 76.5 Å². The fourth-order valence-electron chi connectivity index (χ4n) is 3.51. The SMILES string of the molecule is COCCCn1c(NC(=O)c2ccc(Br)s2)nc2cc(N(C)C(=O)c3ccccc3)ccc21. The number of carbonyl (C=O) groups excluding carboxylic acids is 2. The normalized spacial score (nSPS) is 11.0. The molecule has 0 aliphatic heterocycles. The number of aryl methyl sites for hydroxylation is 1. The predicted octanol–water partition coefficient (Wildman–Crippen LogP) is 5.43. The summed E-state index contributed by atoms with van der Waals surface area (Å²) < 4.78 is 8.05. The van der Waals surface area contributed by atoms with Crippen molar-refractivity contribution in [2.45, 2.75) is 13.0 Å². The Morgan fingerprint density at radius 2 is 1.94 bits per heavy atom. The average Bonchev–Trinajstić information content (AvgIpc) is 3.42. The number of carbonyl (C=O) groups is 2. The fourth-order valence-corrected chi connectivity index (χ4v) is 4.79. The maximum Gasteiger partial charge on any atom is 0.268 e. The molecule has 0 bridgehead atoms. The highest BCUT2D eigenvalue weighted by Crippen LogP contribution is 2.27. The van der Waals surface area contributed by atoms with E-state index in [0.29, 0.717) is 35.1 Å². The van der Waals surface area contributed by atoms with Crippen molar-refractivity contribution in [3.8, 4) is 0 Å². The minimum absolute atomic E-state index is 0.105. The van der Waals surface area contributed by atoms with Gasteiger partial charge in [0, 0.05) is 38.6 Å². The van der Waals surface area contributed by atoms with Gasteiger partial charge < -0.3 is 14.2 Å². The van der Waals surface area contributed by atoms with Gasteiger partial charge in [0.15, 0.2) is 0 Å². The van der Waals surface area contributed by atoms with E-state index in [-0.39, 0.29) is 11.8 Å². The zero-order valence-electron chi connectivity index (χ0n) is 18.2. The van der Waals surface area contributed by atoms with E-state index in [1.807, 2.05) is 47.0 Å². The van der Waals surface area contributed by atoms with Gasteiger partial charge >= 0.3 is 0 Å². The van der Waals surface area contributed by atoms with Crippen molar-refractivity contribution in [1.82, 2.24) is 9.55 Å².